The highest BCUT2D eigenvalue weighted by atomic mass is 16.5. The summed E-state index contributed by atoms with van der Waals surface area (Å²) in [7, 11) is 0. The van der Waals surface area contributed by atoms with Gasteiger partial charge in [-0.2, -0.15) is 0 Å². The van der Waals surface area contributed by atoms with E-state index in [0.717, 1.165) is 13.0 Å². The van der Waals surface area contributed by atoms with Crippen LogP contribution in [0.4, 0.5) is 0 Å². The third-order valence-electron chi connectivity index (χ3n) is 2.79. The molecule has 1 saturated heterocycles. The van der Waals surface area contributed by atoms with Gasteiger partial charge in [0.25, 0.3) is 0 Å². The Morgan fingerprint density at radius 1 is 1.45 bits per heavy atom. The first kappa shape index (κ1) is 9.01. The quantitative estimate of drug-likeness (QED) is 0.625. The zero-order valence-electron chi connectivity index (χ0n) is 7.58. The topological polar surface area (TPSA) is 29.5 Å². The van der Waals surface area contributed by atoms with E-state index in [2.05, 4.69) is 20.8 Å². The maximum Gasteiger partial charge on any atom is 0.0834 e. The Kier molecular flexibility index (Phi) is 2.90. The lowest BCUT2D eigenvalue weighted by molar-refractivity contribution is -0.125. The molecule has 1 rings (SSSR count). The summed E-state index contributed by atoms with van der Waals surface area (Å²) in [6.45, 7) is 7.08. The summed E-state index contributed by atoms with van der Waals surface area (Å²) in [5.41, 5.74) is 0. The van der Waals surface area contributed by atoms with Crippen molar-refractivity contribution in [2.45, 2.75) is 39.4 Å². The molecule has 0 bridgehead atoms. The van der Waals surface area contributed by atoms with Crippen molar-refractivity contribution in [1.82, 2.24) is 0 Å². The Morgan fingerprint density at radius 3 is 2.64 bits per heavy atom. The third kappa shape index (κ3) is 1.74. The van der Waals surface area contributed by atoms with Crippen molar-refractivity contribution < 1.29 is 9.84 Å². The van der Waals surface area contributed by atoms with E-state index in [4.69, 9.17) is 4.74 Å². The van der Waals surface area contributed by atoms with Crippen molar-refractivity contribution in [3.8, 4) is 0 Å². The summed E-state index contributed by atoms with van der Waals surface area (Å²) >= 11 is 0. The lowest BCUT2D eigenvalue weighted by Gasteiger charge is -2.36. The van der Waals surface area contributed by atoms with Gasteiger partial charge in [0.15, 0.2) is 0 Å². The van der Waals surface area contributed by atoms with Crippen LogP contribution in [0.2, 0.25) is 0 Å². The molecule has 0 aromatic heterocycles. The standard InChI is InChI=1S/C9H18O2/c1-4-8-9(10)7(3)6(2)5-11-8/h6-10H,4-5H2,1-3H3. The fourth-order valence-corrected chi connectivity index (χ4v) is 1.56. The smallest absolute Gasteiger partial charge is 0.0834 e. The SMILES string of the molecule is CCC1OCC(C)C(C)C1O. The van der Waals surface area contributed by atoms with Gasteiger partial charge in [0.2, 0.25) is 0 Å². The van der Waals surface area contributed by atoms with Crippen LogP contribution in [0, 0.1) is 11.8 Å². The van der Waals surface area contributed by atoms with Gasteiger partial charge in [0.1, 0.15) is 0 Å². The number of rotatable bonds is 1. The molecule has 1 aliphatic heterocycles. The number of hydrogen-bond donors (Lipinski definition) is 1. The van der Waals surface area contributed by atoms with Gasteiger partial charge in [-0.3, -0.25) is 0 Å². The van der Waals surface area contributed by atoms with Crippen LogP contribution >= 0.6 is 0 Å². The van der Waals surface area contributed by atoms with Gasteiger partial charge < -0.3 is 9.84 Å². The first-order valence-electron chi connectivity index (χ1n) is 4.46. The molecule has 2 heteroatoms. The highest BCUT2D eigenvalue weighted by Crippen LogP contribution is 2.26. The first-order valence-corrected chi connectivity index (χ1v) is 4.46. The van der Waals surface area contributed by atoms with Crippen LogP contribution in [0.5, 0.6) is 0 Å². The Bertz CT molecular complexity index is 123. The summed E-state index contributed by atoms with van der Waals surface area (Å²) in [4.78, 5) is 0. The second kappa shape index (κ2) is 3.55. The van der Waals surface area contributed by atoms with Crippen molar-refractivity contribution in [2.75, 3.05) is 6.61 Å². The molecule has 0 spiro atoms. The molecule has 0 amide bonds. The molecule has 1 fully saturated rings. The molecular formula is C9H18O2. The maximum atomic E-state index is 9.68. The molecule has 1 heterocycles. The van der Waals surface area contributed by atoms with E-state index in [1.54, 1.807) is 0 Å². The summed E-state index contributed by atoms with van der Waals surface area (Å²) in [6, 6.07) is 0. The molecule has 0 aromatic rings. The number of ether oxygens (including phenoxy) is 1. The molecule has 0 radical (unpaired) electrons. The van der Waals surface area contributed by atoms with Crippen molar-refractivity contribution in [3.05, 3.63) is 0 Å². The van der Waals surface area contributed by atoms with Crippen LogP contribution in [0.15, 0.2) is 0 Å². The normalized spacial score (nSPS) is 45.8. The van der Waals surface area contributed by atoms with Gasteiger partial charge in [-0.05, 0) is 18.3 Å². The zero-order chi connectivity index (χ0) is 8.43. The molecule has 2 nitrogen and oxygen atoms in total. The van der Waals surface area contributed by atoms with E-state index in [9.17, 15) is 5.11 Å². The number of hydrogen-bond acceptors (Lipinski definition) is 2. The molecule has 0 aliphatic carbocycles. The Balaban J connectivity index is 2.52. The molecule has 66 valence electrons. The minimum absolute atomic E-state index is 0.0706. The van der Waals surface area contributed by atoms with E-state index in [-0.39, 0.29) is 12.2 Å². The fourth-order valence-electron chi connectivity index (χ4n) is 1.56. The summed E-state index contributed by atoms with van der Waals surface area (Å²) < 4.78 is 5.47. The Hall–Kier alpha value is -0.0800. The van der Waals surface area contributed by atoms with Crippen molar-refractivity contribution in [2.24, 2.45) is 11.8 Å². The van der Waals surface area contributed by atoms with Gasteiger partial charge in [0.05, 0.1) is 12.2 Å². The van der Waals surface area contributed by atoms with Crippen molar-refractivity contribution >= 4 is 0 Å². The van der Waals surface area contributed by atoms with E-state index in [1.807, 2.05) is 0 Å². The van der Waals surface area contributed by atoms with Gasteiger partial charge in [-0.15, -0.1) is 0 Å². The predicted octanol–water partition coefficient (Wildman–Crippen LogP) is 1.43. The lowest BCUT2D eigenvalue weighted by atomic mass is 9.85. The van der Waals surface area contributed by atoms with Crippen LogP contribution in [0.25, 0.3) is 0 Å². The predicted molar refractivity (Wildman–Crippen MR) is 44.4 cm³/mol. The molecular weight excluding hydrogens is 140 g/mol. The van der Waals surface area contributed by atoms with Crippen LogP contribution in [0.1, 0.15) is 27.2 Å². The third-order valence-corrected chi connectivity index (χ3v) is 2.79. The van der Waals surface area contributed by atoms with E-state index in [0.29, 0.717) is 11.8 Å². The molecule has 0 saturated carbocycles. The molecule has 1 N–H and O–H groups in total. The van der Waals surface area contributed by atoms with Crippen LogP contribution < -0.4 is 0 Å². The number of aliphatic hydroxyl groups is 1. The fraction of sp³-hybridized carbons (Fsp3) is 1.00. The summed E-state index contributed by atoms with van der Waals surface area (Å²) in [5.74, 6) is 0.876. The monoisotopic (exact) mass is 158 g/mol. The zero-order valence-corrected chi connectivity index (χ0v) is 7.58. The maximum absolute atomic E-state index is 9.68. The van der Waals surface area contributed by atoms with Crippen molar-refractivity contribution in [3.63, 3.8) is 0 Å². The van der Waals surface area contributed by atoms with Gasteiger partial charge >= 0.3 is 0 Å². The van der Waals surface area contributed by atoms with Gasteiger partial charge in [-0.1, -0.05) is 20.8 Å². The summed E-state index contributed by atoms with van der Waals surface area (Å²) in [6.07, 6.45) is 0.725. The minimum Gasteiger partial charge on any atom is -0.390 e. The average Bonchev–Trinajstić information content (AvgIpc) is 2.01. The average molecular weight is 158 g/mol. The van der Waals surface area contributed by atoms with Crippen LogP contribution in [0.3, 0.4) is 0 Å². The Labute approximate surface area is 68.6 Å². The molecule has 4 unspecified atom stereocenters. The van der Waals surface area contributed by atoms with E-state index >= 15 is 0 Å². The van der Waals surface area contributed by atoms with E-state index in [1.165, 1.54) is 0 Å². The lowest BCUT2D eigenvalue weighted by Crippen LogP contribution is -2.43. The molecule has 1 aliphatic rings. The largest absolute Gasteiger partial charge is 0.390 e. The van der Waals surface area contributed by atoms with Crippen LogP contribution in [-0.4, -0.2) is 23.9 Å². The minimum atomic E-state index is -0.260. The van der Waals surface area contributed by atoms with Crippen molar-refractivity contribution in [1.29, 1.82) is 0 Å². The first-order chi connectivity index (χ1) is 5.16. The van der Waals surface area contributed by atoms with E-state index < -0.39 is 0 Å². The molecule has 4 atom stereocenters. The van der Waals surface area contributed by atoms with Crippen LogP contribution in [-0.2, 0) is 4.74 Å². The van der Waals surface area contributed by atoms with Gasteiger partial charge in [0, 0.05) is 6.61 Å². The Morgan fingerprint density at radius 2 is 2.09 bits per heavy atom. The second-order valence-corrected chi connectivity index (χ2v) is 3.61. The summed E-state index contributed by atoms with van der Waals surface area (Å²) in [5, 5.41) is 9.68. The molecule has 0 aromatic carbocycles. The number of aliphatic hydroxyl groups excluding tert-OH is 1. The second-order valence-electron chi connectivity index (χ2n) is 3.61. The highest BCUT2D eigenvalue weighted by molar-refractivity contribution is 4.81. The van der Waals surface area contributed by atoms with Gasteiger partial charge in [-0.25, -0.2) is 0 Å². The highest BCUT2D eigenvalue weighted by Gasteiger charge is 2.32. The molecule has 11 heavy (non-hydrogen) atoms.